The molecule has 0 fully saturated rings. The molecule has 0 bridgehead atoms. The molecule has 0 aliphatic rings. The van der Waals surface area contributed by atoms with Crippen molar-refractivity contribution < 1.29 is 4.79 Å². The summed E-state index contributed by atoms with van der Waals surface area (Å²) in [4.78, 5) is 14.5. The molecule has 118 valence electrons. The van der Waals surface area contributed by atoms with Gasteiger partial charge >= 0.3 is 0 Å². The molecule has 5 heteroatoms. The maximum atomic E-state index is 12.4. The van der Waals surface area contributed by atoms with Crippen LogP contribution in [0.25, 0.3) is 0 Å². The predicted octanol–water partition coefficient (Wildman–Crippen LogP) is 3.64. The highest BCUT2D eigenvalue weighted by atomic mass is 32.2. The molecule has 0 saturated heterocycles. The zero-order valence-electron chi connectivity index (χ0n) is 13.2. The summed E-state index contributed by atoms with van der Waals surface area (Å²) in [7, 11) is 4.07. The highest BCUT2D eigenvalue weighted by Gasteiger charge is 2.16. The molecule has 1 atom stereocenters. The smallest absolute Gasteiger partial charge is 0.251 e. The lowest BCUT2D eigenvalue weighted by atomic mass is 10.1. The number of thiophene rings is 1. The lowest BCUT2D eigenvalue weighted by Gasteiger charge is -2.24. The Kier molecular flexibility index (Phi) is 6.49. The minimum Gasteiger partial charge on any atom is -0.350 e. The van der Waals surface area contributed by atoms with Crippen molar-refractivity contribution in [2.75, 3.05) is 26.9 Å². The van der Waals surface area contributed by atoms with E-state index in [1.54, 1.807) is 23.1 Å². The molecule has 0 aliphatic carbocycles. The fourth-order valence-electron chi connectivity index (χ4n) is 2.32. The number of hydrogen-bond acceptors (Lipinski definition) is 4. The molecule has 1 N–H and O–H groups in total. The minimum absolute atomic E-state index is 0.00923. The summed E-state index contributed by atoms with van der Waals surface area (Å²) >= 11 is 3.44. The van der Waals surface area contributed by atoms with Gasteiger partial charge in [-0.15, -0.1) is 0 Å². The summed E-state index contributed by atoms with van der Waals surface area (Å²) in [5.41, 5.74) is 3.16. The number of thioether (sulfide) groups is 1. The number of nitrogens with one attached hydrogen (secondary N) is 1. The first-order valence-corrected chi connectivity index (χ1v) is 9.50. The molecule has 1 aromatic heterocycles. The van der Waals surface area contributed by atoms with Gasteiger partial charge in [0.15, 0.2) is 0 Å². The minimum atomic E-state index is -0.00923. The van der Waals surface area contributed by atoms with Gasteiger partial charge in [0.1, 0.15) is 0 Å². The lowest BCUT2D eigenvalue weighted by molar-refractivity contribution is 0.0942. The fourth-order valence-corrected chi connectivity index (χ4v) is 3.54. The maximum Gasteiger partial charge on any atom is 0.251 e. The Labute approximate surface area is 140 Å². The summed E-state index contributed by atoms with van der Waals surface area (Å²) in [5, 5.41) is 7.26. The van der Waals surface area contributed by atoms with Crippen molar-refractivity contribution in [3.05, 3.63) is 57.8 Å². The Hall–Kier alpha value is -1.30. The van der Waals surface area contributed by atoms with Crippen LogP contribution in [0.1, 0.15) is 27.5 Å². The van der Waals surface area contributed by atoms with Crippen LogP contribution >= 0.6 is 23.1 Å². The molecule has 0 saturated carbocycles. The highest BCUT2D eigenvalue weighted by molar-refractivity contribution is 7.97. The SMILES string of the molecule is CSCc1cccc(C(=O)NCC(c2ccsc2)N(C)C)c1. The fraction of sp³-hybridized carbons (Fsp3) is 0.353. The van der Waals surface area contributed by atoms with Gasteiger partial charge in [-0.1, -0.05) is 12.1 Å². The zero-order valence-corrected chi connectivity index (χ0v) is 14.8. The van der Waals surface area contributed by atoms with Crippen LogP contribution < -0.4 is 5.32 Å². The van der Waals surface area contributed by atoms with Crippen LogP contribution in [0.15, 0.2) is 41.1 Å². The van der Waals surface area contributed by atoms with Gasteiger partial charge in [-0.05, 0) is 60.4 Å². The van der Waals surface area contributed by atoms with Crippen molar-refractivity contribution in [2.24, 2.45) is 0 Å². The van der Waals surface area contributed by atoms with Gasteiger partial charge in [0.2, 0.25) is 0 Å². The van der Waals surface area contributed by atoms with Crippen molar-refractivity contribution in [1.29, 1.82) is 0 Å². The summed E-state index contributed by atoms with van der Waals surface area (Å²) < 4.78 is 0. The summed E-state index contributed by atoms with van der Waals surface area (Å²) in [6.07, 6.45) is 2.06. The lowest BCUT2D eigenvalue weighted by Crippen LogP contribution is -2.34. The molecule has 0 aliphatic heterocycles. The second-order valence-corrected chi connectivity index (χ2v) is 7.03. The van der Waals surface area contributed by atoms with E-state index in [9.17, 15) is 4.79 Å². The Morgan fingerprint density at radius 1 is 1.36 bits per heavy atom. The van der Waals surface area contributed by atoms with Crippen LogP contribution in [0.5, 0.6) is 0 Å². The van der Waals surface area contributed by atoms with Gasteiger partial charge in [0.25, 0.3) is 5.91 Å². The number of benzene rings is 1. The molecule has 22 heavy (non-hydrogen) atoms. The molecule has 0 spiro atoms. The first-order chi connectivity index (χ1) is 10.6. The Bertz CT molecular complexity index is 596. The van der Waals surface area contributed by atoms with Gasteiger partial charge in [-0.2, -0.15) is 23.1 Å². The van der Waals surface area contributed by atoms with E-state index in [-0.39, 0.29) is 11.9 Å². The van der Waals surface area contributed by atoms with E-state index in [0.29, 0.717) is 6.54 Å². The Balaban J connectivity index is 2.00. The van der Waals surface area contributed by atoms with Crippen LogP contribution in [0.4, 0.5) is 0 Å². The Morgan fingerprint density at radius 3 is 2.82 bits per heavy atom. The van der Waals surface area contributed by atoms with Crippen molar-refractivity contribution in [3.63, 3.8) is 0 Å². The topological polar surface area (TPSA) is 32.3 Å². The van der Waals surface area contributed by atoms with Gasteiger partial charge in [0, 0.05) is 17.9 Å². The molecule has 2 aromatic rings. The predicted molar refractivity (Wildman–Crippen MR) is 96.7 cm³/mol. The van der Waals surface area contributed by atoms with E-state index in [4.69, 9.17) is 0 Å². The molecular weight excluding hydrogens is 312 g/mol. The van der Waals surface area contributed by atoms with Gasteiger partial charge in [0.05, 0.1) is 6.04 Å². The van der Waals surface area contributed by atoms with Gasteiger partial charge in [-0.25, -0.2) is 0 Å². The summed E-state index contributed by atoms with van der Waals surface area (Å²) in [6, 6.07) is 10.2. The number of nitrogens with zero attached hydrogens (tertiary/aromatic N) is 1. The van der Waals surface area contributed by atoms with Crippen molar-refractivity contribution in [2.45, 2.75) is 11.8 Å². The van der Waals surface area contributed by atoms with E-state index in [1.807, 2.05) is 32.3 Å². The number of rotatable bonds is 7. The van der Waals surface area contributed by atoms with Crippen LogP contribution in [-0.2, 0) is 5.75 Å². The highest BCUT2D eigenvalue weighted by Crippen LogP contribution is 2.20. The molecule has 0 radical (unpaired) electrons. The number of amides is 1. The van der Waals surface area contributed by atoms with E-state index in [2.05, 4.69) is 39.4 Å². The van der Waals surface area contributed by atoms with Crippen LogP contribution in [-0.4, -0.2) is 37.7 Å². The third kappa shape index (κ3) is 4.60. The normalized spacial score (nSPS) is 12.4. The molecule has 1 heterocycles. The van der Waals surface area contributed by atoms with Crippen molar-refractivity contribution >= 4 is 29.0 Å². The number of carbonyl (C=O) groups excluding carboxylic acids is 1. The first kappa shape index (κ1) is 17.1. The van der Waals surface area contributed by atoms with E-state index >= 15 is 0 Å². The molecule has 1 amide bonds. The largest absolute Gasteiger partial charge is 0.350 e. The molecular formula is C17H22N2OS2. The van der Waals surface area contributed by atoms with Crippen LogP contribution in [0, 0.1) is 0 Å². The van der Waals surface area contributed by atoms with E-state index in [0.717, 1.165) is 11.3 Å². The second-order valence-electron chi connectivity index (χ2n) is 5.38. The summed E-state index contributed by atoms with van der Waals surface area (Å²) in [5.74, 6) is 0.918. The number of hydrogen-bond donors (Lipinski definition) is 1. The van der Waals surface area contributed by atoms with Gasteiger partial charge in [-0.3, -0.25) is 4.79 Å². The monoisotopic (exact) mass is 334 g/mol. The molecule has 1 aromatic carbocycles. The van der Waals surface area contributed by atoms with E-state index < -0.39 is 0 Å². The molecule has 2 rings (SSSR count). The zero-order chi connectivity index (χ0) is 15.9. The van der Waals surface area contributed by atoms with Crippen LogP contribution in [0.2, 0.25) is 0 Å². The van der Waals surface area contributed by atoms with Crippen molar-refractivity contribution in [1.82, 2.24) is 10.2 Å². The second kappa shape index (κ2) is 8.36. The first-order valence-electron chi connectivity index (χ1n) is 7.16. The summed E-state index contributed by atoms with van der Waals surface area (Å²) in [6.45, 7) is 0.606. The van der Waals surface area contributed by atoms with Gasteiger partial charge < -0.3 is 10.2 Å². The quantitative estimate of drug-likeness (QED) is 0.839. The van der Waals surface area contributed by atoms with Crippen LogP contribution in [0.3, 0.4) is 0 Å². The average Bonchev–Trinajstić information content (AvgIpc) is 3.01. The third-order valence-electron chi connectivity index (χ3n) is 3.51. The Morgan fingerprint density at radius 2 is 2.18 bits per heavy atom. The molecule has 1 unspecified atom stereocenters. The molecule has 3 nitrogen and oxygen atoms in total. The standard InChI is InChI=1S/C17H22N2OS2/c1-19(2)16(15-7-8-22-12-15)10-18-17(20)14-6-4-5-13(9-14)11-21-3/h4-9,12,16H,10-11H2,1-3H3,(H,18,20). The third-order valence-corrected chi connectivity index (χ3v) is 4.83. The van der Waals surface area contributed by atoms with E-state index in [1.165, 1.54) is 11.1 Å². The maximum absolute atomic E-state index is 12.4. The number of likely N-dealkylation sites (N-methyl/N-ethyl adjacent to an activating group) is 1. The van der Waals surface area contributed by atoms with Crippen molar-refractivity contribution in [3.8, 4) is 0 Å². The average molecular weight is 335 g/mol. The number of carbonyl (C=O) groups is 1.